The molecule has 0 aromatic rings. The van der Waals surface area contributed by atoms with Gasteiger partial charge in [-0.2, -0.15) is 39.5 Å². The molecular weight excluding hydrogens is 343 g/mol. The molecule has 2 rings (SSSR count). The van der Waals surface area contributed by atoms with Gasteiger partial charge in [0.2, 0.25) is 0 Å². The van der Waals surface area contributed by atoms with Crippen LogP contribution in [-0.4, -0.2) is 29.2 Å². The molecule has 0 heterocycles. The van der Waals surface area contributed by atoms with Gasteiger partial charge >= 0.3 is 18.5 Å². The van der Waals surface area contributed by atoms with Gasteiger partial charge in [-0.25, -0.2) is 0 Å². The number of fused-ring (bicyclic) bond motifs is 2. The third-order valence-electron chi connectivity index (χ3n) is 5.95. The number of hydrogen-bond acceptors (Lipinski definition) is 1. The summed E-state index contributed by atoms with van der Waals surface area (Å²) in [6.07, 6.45) is -20.6. The Morgan fingerprint density at radius 3 is 1.52 bits per heavy atom. The van der Waals surface area contributed by atoms with Gasteiger partial charge in [0.25, 0.3) is 5.60 Å². The van der Waals surface area contributed by atoms with Crippen LogP contribution in [0.2, 0.25) is 0 Å². The van der Waals surface area contributed by atoms with Crippen molar-refractivity contribution in [2.75, 3.05) is 0 Å². The van der Waals surface area contributed by atoms with Crippen LogP contribution in [0.3, 0.4) is 0 Å². The van der Waals surface area contributed by atoms with Crippen LogP contribution in [0.15, 0.2) is 0 Å². The molecule has 1 N–H and O–H groups in total. The molecule has 0 aliphatic heterocycles. The van der Waals surface area contributed by atoms with Crippen molar-refractivity contribution < 1.29 is 44.6 Å². The molecule has 23 heavy (non-hydrogen) atoms. The lowest BCUT2D eigenvalue weighted by molar-refractivity contribution is -0.450. The highest BCUT2D eigenvalue weighted by Crippen LogP contribution is 2.74. The summed E-state index contributed by atoms with van der Waals surface area (Å²) in [6, 6.07) is 0. The van der Waals surface area contributed by atoms with Gasteiger partial charge in [0.1, 0.15) is 5.41 Å². The Kier molecular flexibility index (Phi) is 3.81. The molecule has 0 amide bonds. The second-order valence-electron chi connectivity index (χ2n) is 6.70. The molecule has 0 radical (unpaired) electrons. The first-order valence-electron chi connectivity index (χ1n) is 6.95. The molecule has 2 saturated carbocycles. The van der Waals surface area contributed by atoms with E-state index in [2.05, 4.69) is 0 Å². The second-order valence-corrected chi connectivity index (χ2v) is 6.70. The lowest BCUT2D eigenvalue weighted by atomic mass is 9.56. The Morgan fingerprint density at radius 1 is 0.826 bits per heavy atom. The smallest absolute Gasteiger partial charge is 0.373 e. The first-order chi connectivity index (χ1) is 10.0. The summed E-state index contributed by atoms with van der Waals surface area (Å²) >= 11 is 0. The predicted octanol–water partition coefficient (Wildman–Crippen LogP) is 4.70. The molecule has 1 nitrogen and oxygen atoms in total. The van der Waals surface area contributed by atoms with Crippen molar-refractivity contribution in [2.45, 2.75) is 50.8 Å². The van der Waals surface area contributed by atoms with Crippen molar-refractivity contribution >= 4 is 0 Å². The van der Waals surface area contributed by atoms with Gasteiger partial charge in [0.05, 0.1) is 0 Å². The van der Waals surface area contributed by atoms with Crippen LogP contribution in [0.5, 0.6) is 0 Å². The topological polar surface area (TPSA) is 20.2 Å². The summed E-state index contributed by atoms with van der Waals surface area (Å²) in [7, 11) is 0. The van der Waals surface area contributed by atoms with Gasteiger partial charge in [-0.05, 0) is 36.5 Å². The van der Waals surface area contributed by atoms with Crippen LogP contribution in [0, 0.1) is 29.1 Å². The average Bonchev–Trinajstić information content (AvgIpc) is 2.84. The van der Waals surface area contributed by atoms with Crippen molar-refractivity contribution in [3.05, 3.63) is 0 Å². The molecule has 0 saturated heterocycles. The maximum absolute atomic E-state index is 13.6. The normalized spacial score (nSPS) is 39.1. The van der Waals surface area contributed by atoms with E-state index >= 15 is 0 Å². The van der Waals surface area contributed by atoms with Crippen LogP contribution in [-0.2, 0) is 0 Å². The molecule has 0 spiro atoms. The van der Waals surface area contributed by atoms with E-state index in [-0.39, 0.29) is 0 Å². The van der Waals surface area contributed by atoms with Crippen molar-refractivity contribution in [2.24, 2.45) is 29.1 Å². The first-order valence-corrected chi connectivity index (χ1v) is 6.95. The zero-order valence-corrected chi connectivity index (χ0v) is 12.1. The SMILES string of the molecule is CC1C2CC(C1C)C(C(F)(F)F)(C(O)(C(F)(F)F)C(F)(F)F)C2. The lowest BCUT2D eigenvalue weighted by Gasteiger charge is -2.53. The van der Waals surface area contributed by atoms with E-state index in [1.54, 1.807) is 0 Å². The van der Waals surface area contributed by atoms with E-state index in [1.807, 2.05) is 0 Å². The number of rotatable bonds is 1. The Balaban J connectivity index is 2.75. The standard InChI is InChI=1S/C13H15F9O/c1-5-6(2)8-3-7(5)4-9(8,11(14,15)16)10(23,12(17,18)19)13(20,21)22/h5-8,23H,3-4H2,1-2H3. The summed E-state index contributed by atoms with van der Waals surface area (Å²) in [5.74, 6) is -4.31. The van der Waals surface area contributed by atoms with E-state index < -0.39 is 66.1 Å². The molecule has 2 fully saturated rings. The lowest BCUT2D eigenvalue weighted by Crippen LogP contribution is -2.73. The zero-order chi connectivity index (χ0) is 18.2. The first kappa shape index (κ1) is 18.7. The Morgan fingerprint density at radius 2 is 1.26 bits per heavy atom. The fraction of sp³-hybridized carbons (Fsp3) is 1.00. The Bertz CT molecular complexity index is 461. The largest absolute Gasteiger partial charge is 0.427 e. The van der Waals surface area contributed by atoms with E-state index in [0.29, 0.717) is 0 Å². The Hall–Kier alpha value is -0.670. The average molecular weight is 358 g/mol. The summed E-state index contributed by atoms with van der Waals surface area (Å²) in [5.41, 5.74) is -10.1. The summed E-state index contributed by atoms with van der Waals surface area (Å²) in [6.45, 7) is 2.72. The molecule has 5 unspecified atom stereocenters. The highest BCUT2D eigenvalue weighted by Gasteiger charge is 2.89. The maximum atomic E-state index is 13.6. The van der Waals surface area contributed by atoms with Gasteiger partial charge in [-0.3, -0.25) is 0 Å². The predicted molar refractivity (Wildman–Crippen MR) is 60.1 cm³/mol. The fourth-order valence-corrected chi connectivity index (χ4v) is 4.65. The van der Waals surface area contributed by atoms with Gasteiger partial charge < -0.3 is 5.11 Å². The third kappa shape index (κ3) is 2.05. The van der Waals surface area contributed by atoms with Crippen molar-refractivity contribution in [1.82, 2.24) is 0 Å². The van der Waals surface area contributed by atoms with Gasteiger partial charge in [0.15, 0.2) is 0 Å². The highest BCUT2D eigenvalue weighted by molar-refractivity contribution is 5.21. The van der Waals surface area contributed by atoms with Crippen LogP contribution < -0.4 is 0 Å². The van der Waals surface area contributed by atoms with Gasteiger partial charge in [0, 0.05) is 0 Å². The van der Waals surface area contributed by atoms with E-state index in [0.717, 1.165) is 0 Å². The zero-order valence-electron chi connectivity index (χ0n) is 12.1. The molecular formula is C13H15F9O. The van der Waals surface area contributed by atoms with Crippen molar-refractivity contribution in [3.8, 4) is 0 Å². The molecule has 2 aliphatic rings. The number of aliphatic hydroxyl groups is 1. The molecule has 0 aromatic heterocycles. The van der Waals surface area contributed by atoms with Crippen molar-refractivity contribution in [3.63, 3.8) is 0 Å². The summed E-state index contributed by atoms with van der Waals surface area (Å²) in [5, 5.41) is 9.53. The van der Waals surface area contributed by atoms with Gasteiger partial charge in [-0.1, -0.05) is 13.8 Å². The summed E-state index contributed by atoms with van der Waals surface area (Å²) in [4.78, 5) is 0. The number of halogens is 9. The third-order valence-corrected chi connectivity index (χ3v) is 5.95. The molecule has 5 atom stereocenters. The Labute approximate surface area is 125 Å². The minimum atomic E-state index is -6.49. The van der Waals surface area contributed by atoms with Crippen LogP contribution >= 0.6 is 0 Å². The van der Waals surface area contributed by atoms with Crippen LogP contribution in [0.25, 0.3) is 0 Å². The quantitative estimate of drug-likeness (QED) is 0.674. The van der Waals surface area contributed by atoms with Crippen LogP contribution in [0.1, 0.15) is 26.7 Å². The highest BCUT2D eigenvalue weighted by atomic mass is 19.4. The minimum absolute atomic E-state index is 0.406. The molecule has 0 aromatic carbocycles. The van der Waals surface area contributed by atoms with E-state index in [4.69, 9.17) is 0 Å². The van der Waals surface area contributed by atoms with Crippen molar-refractivity contribution in [1.29, 1.82) is 0 Å². The maximum Gasteiger partial charge on any atom is 0.427 e. The second kappa shape index (κ2) is 4.70. The van der Waals surface area contributed by atoms with E-state index in [1.165, 1.54) is 13.8 Å². The molecule has 10 heteroatoms. The summed E-state index contributed by atoms with van der Waals surface area (Å²) < 4.78 is 119. The number of hydrogen-bond donors (Lipinski definition) is 1. The fourth-order valence-electron chi connectivity index (χ4n) is 4.65. The molecule has 2 bridgehead atoms. The molecule has 2 aliphatic carbocycles. The van der Waals surface area contributed by atoms with E-state index in [9.17, 15) is 44.6 Å². The minimum Gasteiger partial charge on any atom is -0.373 e. The van der Waals surface area contributed by atoms with Crippen LogP contribution in [0.4, 0.5) is 39.5 Å². The van der Waals surface area contributed by atoms with Gasteiger partial charge in [-0.15, -0.1) is 0 Å². The number of alkyl halides is 9. The molecule has 136 valence electrons. The monoisotopic (exact) mass is 358 g/mol.